The second-order valence-corrected chi connectivity index (χ2v) is 4.91. The van der Waals surface area contributed by atoms with Crippen molar-refractivity contribution in [3.8, 4) is 0 Å². The second kappa shape index (κ2) is 9.71. The monoisotopic (exact) mass is 265 g/mol. The zero-order valence-electron chi connectivity index (χ0n) is 11.3. The van der Waals surface area contributed by atoms with E-state index in [0.29, 0.717) is 0 Å². The minimum Gasteiger partial charge on any atom is -0.357 e. The number of thiophene rings is 1. The molecule has 18 heavy (non-hydrogen) atoms. The summed E-state index contributed by atoms with van der Waals surface area (Å²) in [6.45, 7) is 6.78. The molecule has 0 unspecified atom stereocenters. The fourth-order valence-corrected chi connectivity index (χ4v) is 2.23. The Kier molecular flexibility index (Phi) is 7.97. The lowest BCUT2D eigenvalue weighted by Gasteiger charge is -2.10. The van der Waals surface area contributed by atoms with Gasteiger partial charge in [0.25, 0.3) is 0 Å². The van der Waals surface area contributed by atoms with Crippen LogP contribution in [-0.2, 0) is 6.42 Å². The molecule has 2 N–H and O–H groups in total. The van der Waals surface area contributed by atoms with Crippen LogP contribution < -0.4 is 10.6 Å². The van der Waals surface area contributed by atoms with Crippen molar-refractivity contribution in [2.24, 2.45) is 4.99 Å². The summed E-state index contributed by atoms with van der Waals surface area (Å²) in [5, 5.41) is 8.73. The first kappa shape index (κ1) is 14.8. The molecule has 3 nitrogen and oxygen atoms in total. The zero-order chi connectivity index (χ0) is 13.1. The van der Waals surface area contributed by atoms with Gasteiger partial charge in [-0.05, 0) is 38.1 Å². The number of allylic oxidation sites excluding steroid dienone is 1. The smallest absolute Gasteiger partial charge is 0.191 e. The van der Waals surface area contributed by atoms with E-state index in [-0.39, 0.29) is 0 Å². The van der Waals surface area contributed by atoms with Crippen LogP contribution in [0.15, 0.2) is 34.7 Å². The van der Waals surface area contributed by atoms with Gasteiger partial charge in [0.15, 0.2) is 5.96 Å². The van der Waals surface area contributed by atoms with Gasteiger partial charge in [0.2, 0.25) is 0 Å². The fraction of sp³-hybridized carbons (Fsp3) is 0.500. The summed E-state index contributed by atoms with van der Waals surface area (Å²) in [7, 11) is 0. The molecule has 0 atom stereocenters. The van der Waals surface area contributed by atoms with Crippen molar-refractivity contribution in [3.05, 3.63) is 34.5 Å². The highest BCUT2D eigenvalue weighted by molar-refractivity contribution is 7.09. The maximum atomic E-state index is 4.52. The third-order valence-corrected chi connectivity index (χ3v) is 3.33. The van der Waals surface area contributed by atoms with Gasteiger partial charge in [0, 0.05) is 24.5 Å². The van der Waals surface area contributed by atoms with Gasteiger partial charge in [0.05, 0.1) is 0 Å². The van der Waals surface area contributed by atoms with Crippen molar-refractivity contribution in [2.75, 3.05) is 19.6 Å². The van der Waals surface area contributed by atoms with Crippen molar-refractivity contribution in [1.82, 2.24) is 10.6 Å². The van der Waals surface area contributed by atoms with Crippen LogP contribution in [0.2, 0.25) is 0 Å². The van der Waals surface area contributed by atoms with E-state index < -0.39 is 0 Å². The molecule has 0 spiro atoms. The van der Waals surface area contributed by atoms with Gasteiger partial charge in [-0.2, -0.15) is 0 Å². The molecule has 0 saturated heterocycles. The number of nitrogens with one attached hydrogen (secondary N) is 2. The quantitative estimate of drug-likeness (QED) is 0.344. The molecule has 0 amide bonds. The van der Waals surface area contributed by atoms with E-state index in [0.717, 1.165) is 38.4 Å². The standard InChI is InChI=1S/C14H23N3S/c1-3-5-6-10-16-14(15-4-2)17-11-9-13-8-7-12-18-13/h3,5,7-8,12H,4,6,9-11H2,1-2H3,(H2,15,16,17). The molecular weight excluding hydrogens is 242 g/mol. The SMILES string of the molecule is CC=CCCN=C(NCC)NCCc1cccs1. The van der Waals surface area contributed by atoms with Gasteiger partial charge < -0.3 is 10.6 Å². The normalized spacial score (nSPS) is 12.0. The molecule has 0 aliphatic rings. The predicted octanol–water partition coefficient (Wildman–Crippen LogP) is 2.81. The van der Waals surface area contributed by atoms with E-state index in [9.17, 15) is 0 Å². The highest BCUT2D eigenvalue weighted by Crippen LogP contribution is 2.07. The van der Waals surface area contributed by atoms with E-state index >= 15 is 0 Å². The van der Waals surface area contributed by atoms with Crippen LogP contribution in [0.4, 0.5) is 0 Å². The van der Waals surface area contributed by atoms with Crippen LogP contribution in [0.1, 0.15) is 25.1 Å². The third kappa shape index (κ3) is 6.45. The number of rotatable bonds is 7. The predicted molar refractivity (Wildman–Crippen MR) is 81.4 cm³/mol. The van der Waals surface area contributed by atoms with Crippen molar-refractivity contribution in [1.29, 1.82) is 0 Å². The van der Waals surface area contributed by atoms with Crippen LogP contribution in [0.5, 0.6) is 0 Å². The molecule has 0 aromatic carbocycles. The molecule has 0 aliphatic carbocycles. The Bertz CT molecular complexity index is 355. The summed E-state index contributed by atoms with van der Waals surface area (Å²) in [6.07, 6.45) is 6.25. The molecule has 1 aromatic rings. The summed E-state index contributed by atoms with van der Waals surface area (Å²) in [4.78, 5) is 5.93. The first-order chi connectivity index (χ1) is 8.86. The molecule has 0 fully saturated rings. The molecule has 0 bridgehead atoms. The molecular formula is C14H23N3S. The Balaban J connectivity index is 2.27. The number of guanidine groups is 1. The van der Waals surface area contributed by atoms with Crippen LogP contribution in [0.25, 0.3) is 0 Å². The molecule has 0 radical (unpaired) electrons. The summed E-state index contributed by atoms with van der Waals surface area (Å²) in [5.74, 6) is 0.915. The number of hydrogen-bond donors (Lipinski definition) is 2. The fourth-order valence-electron chi connectivity index (χ4n) is 1.52. The Labute approximate surface area is 114 Å². The van der Waals surface area contributed by atoms with Gasteiger partial charge >= 0.3 is 0 Å². The van der Waals surface area contributed by atoms with Crippen LogP contribution in [-0.4, -0.2) is 25.6 Å². The summed E-state index contributed by atoms with van der Waals surface area (Å²) in [5.41, 5.74) is 0. The summed E-state index contributed by atoms with van der Waals surface area (Å²) in [6, 6.07) is 4.26. The molecule has 4 heteroatoms. The van der Waals surface area contributed by atoms with E-state index in [1.54, 1.807) is 11.3 Å². The van der Waals surface area contributed by atoms with Crippen LogP contribution in [0, 0.1) is 0 Å². The highest BCUT2D eigenvalue weighted by Gasteiger charge is 1.97. The zero-order valence-corrected chi connectivity index (χ0v) is 12.1. The number of nitrogens with zero attached hydrogens (tertiary/aromatic N) is 1. The van der Waals surface area contributed by atoms with Gasteiger partial charge in [-0.1, -0.05) is 18.2 Å². The average Bonchev–Trinajstić information content (AvgIpc) is 2.87. The summed E-state index contributed by atoms with van der Waals surface area (Å²) < 4.78 is 0. The van der Waals surface area contributed by atoms with Crippen molar-refractivity contribution < 1.29 is 0 Å². The van der Waals surface area contributed by atoms with Crippen molar-refractivity contribution in [3.63, 3.8) is 0 Å². The first-order valence-electron chi connectivity index (χ1n) is 6.52. The third-order valence-electron chi connectivity index (χ3n) is 2.39. The molecule has 0 saturated carbocycles. The topological polar surface area (TPSA) is 36.4 Å². The lowest BCUT2D eigenvalue weighted by molar-refractivity contribution is 0.803. The van der Waals surface area contributed by atoms with Crippen molar-refractivity contribution >= 4 is 17.3 Å². The lowest BCUT2D eigenvalue weighted by Crippen LogP contribution is -2.38. The Morgan fingerprint density at radius 1 is 1.44 bits per heavy atom. The highest BCUT2D eigenvalue weighted by atomic mass is 32.1. The Hall–Kier alpha value is -1.29. The van der Waals surface area contributed by atoms with E-state index in [2.05, 4.69) is 52.2 Å². The van der Waals surface area contributed by atoms with Crippen molar-refractivity contribution in [2.45, 2.75) is 26.7 Å². The van der Waals surface area contributed by atoms with Gasteiger partial charge in [-0.25, -0.2) is 0 Å². The van der Waals surface area contributed by atoms with Crippen LogP contribution >= 0.6 is 11.3 Å². The van der Waals surface area contributed by atoms with E-state index in [1.165, 1.54) is 4.88 Å². The second-order valence-electron chi connectivity index (χ2n) is 3.87. The van der Waals surface area contributed by atoms with E-state index in [4.69, 9.17) is 0 Å². The molecule has 1 heterocycles. The minimum absolute atomic E-state index is 0.832. The molecule has 100 valence electrons. The Morgan fingerprint density at radius 3 is 3.00 bits per heavy atom. The molecule has 1 rings (SSSR count). The van der Waals surface area contributed by atoms with Gasteiger partial charge in [-0.15, -0.1) is 11.3 Å². The number of aliphatic imine (C=N–C) groups is 1. The maximum absolute atomic E-state index is 4.52. The lowest BCUT2D eigenvalue weighted by atomic mass is 10.3. The Morgan fingerprint density at radius 2 is 2.33 bits per heavy atom. The van der Waals surface area contributed by atoms with Gasteiger partial charge in [0.1, 0.15) is 0 Å². The van der Waals surface area contributed by atoms with E-state index in [1.807, 2.05) is 6.92 Å². The van der Waals surface area contributed by atoms with Gasteiger partial charge in [-0.3, -0.25) is 4.99 Å². The largest absolute Gasteiger partial charge is 0.357 e. The average molecular weight is 265 g/mol. The molecule has 0 aliphatic heterocycles. The molecule has 1 aromatic heterocycles. The maximum Gasteiger partial charge on any atom is 0.191 e. The number of hydrogen-bond acceptors (Lipinski definition) is 2. The minimum atomic E-state index is 0.832. The first-order valence-corrected chi connectivity index (χ1v) is 7.40. The van der Waals surface area contributed by atoms with Crippen LogP contribution in [0.3, 0.4) is 0 Å². The summed E-state index contributed by atoms with van der Waals surface area (Å²) >= 11 is 1.80.